The van der Waals surface area contributed by atoms with Gasteiger partial charge < -0.3 is 5.11 Å². The van der Waals surface area contributed by atoms with Crippen molar-refractivity contribution >= 4 is 11.8 Å². The molecule has 1 unspecified atom stereocenters. The fraction of sp³-hybridized carbons (Fsp3) is 0.250. The number of Topliss-reactive ketones (excluding diaryl/α,β-unsaturated/α-hetero) is 1. The van der Waals surface area contributed by atoms with E-state index in [0.29, 0.717) is 17.5 Å². The number of rotatable bonds is 7. The van der Waals surface area contributed by atoms with Gasteiger partial charge in [0.05, 0.1) is 11.6 Å². The molecule has 0 bridgehead atoms. The molecule has 1 atom stereocenters. The van der Waals surface area contributed by atoms with Gasteiger partial charge in [-0.25, -0.2) is 0 Å². The summed E-state index contributed by atoms with van der Waals surface area (Å²) >= 11 is 0. The monoisotopic (exact) mass is 321 g/mol. The lowest BCUT2D eigenvalue weighted by Crippen LogP contribution is -2.25. The highest BCUT2D eigenvalue weighted by atomic mass is 16.4. The van der Waals surface area contributed by atoms with Crippen LogP contribution in [0.4, 0.5) is 0 Å². The number of hydrogen-bond acceptors (Lipinski definition) is 3. The lowest BCUT2D eigenvalue weighted by atomic mass is 9.90. The second-order valence-corrected chi connectivity index (χ2v) is 5.67. The van der Waals surface area contributed by atoms with Crippen LogP contribution in [0.25, 0.3) is 11.1 Å². The summed E-state index contributed by atoms with van der Waals surface area (Å²) in [5, 5.41) is 18.7. The molecule has 0 aromatic heterocycles. The molecule has 0 radical (unpaired) electrons. The van der Waals surface area contributed by atoms with E-state index in [9.17, 15) is 20.0 Å². The SMILES string of the molecule is CCCC(=O)C(Cc1ccc(-c2ccccc2)c(C#N)c1)C(=O)O. The van der Waals surface area contributed by atoms with Gasteiger partial charge in [0.15, 0.2) is 0 Å². The minimum Gasteiger partial charge on any atom is -0.481 e. The summed E-state index contributed by atoms with van der Waals surface area (Å²) in [5.74, 6) is -2.44. The number of aliphatic carboxylic acids is 1. The smallest absolute Gasteiger partial charge is 0.314 e. The number of carboxylic acid groups (broad SMARTS) is 1. The molecular weight excluding hydrogens is 302 g/mol. The van der Waals surface area contributed by atoms with Crippen molar-refractivity contribution in [3.63, 3.8) is 0 Å². The summed E-state index contributed by atoms with van der Waals surface area (Å²) < 4.78 is 0. The fourth-order valence-corrected chi connectivity index (χ4v) is 2.68. The molecule has 0 aliphatic carbocycles. The maximum Gasteiger partial charge on any atom is 0.314 e. The van der Waals surface area contributed by atoms with Crippen LogP contribution < -0.4 is 0 Å². The third kappa shape index (κ3) is 4.08. The van der Waals surface area contributed by atoms with Crippen LogP contribution in [0, 0.1) is 17.2 Å². The van der Waals surface area contributed by atoms with Gasteiger partial charge in [0.1, 0.15) is 11.7 Å². The van der Waals surface area contributed by atoms with Crippen molar-refractivity contribution in [3.05, 3.63) is 59.7 Å². The van der Waals surface area contributed by atoms with Crippen LogP contribution in [-0.4, -0.2) is 16.9 Å². The second-order valence-electron chi connectivity index (χ2n) is 5.67. The molecule has 0 fully saturated rings. The first-order valence-electron chi connectivity index (χ1n) is 7.90. The van der Waals surface area contributed by atoms with E-state index in [1.807, 2.05) is 43.3 Å². The Labute approximate surface area is 141 Å². The first-order valence-corrected chi connectivity index (χ1v) is 7.90. The van der Waals surface area contributed by atoms with Gasteiger partial charge in [-0.2, -0.15) is 5.26 Å². The quantitative estimate of drug-likeness (QED) is 0.786. The van der Waals surface area contributed by atoms with Crippen molar-refractivity contribution in [2.24, 2.45) is 5.92 Å². The summed E-state index contributed by atoms with van der Waals surface area (Å²) in [6.45, 7) is 1.85. The predicted molar refractivity (Wildman–Crippen MR) is 91.3 cm³/mol. The normalized spacial score (nSPS) is 11.5. The average Bonchev–Trinajstić information content (AvgIpc) is 2.60. The average molecular weight is 321 g/mol. The van der Waals surface area contributed by atoms with E-state index < -0.39 is 11.9 Å². The number of nitrogens with zero attached hydrogens (tertiary/aromatic N) is 1. The Morgan fingerprint density at radius 3 is 2.46 bits per heavy atom. The Bertz CT molecular complexity index is 775. The van der Waals surface area contributed by atoms with Gasteiger partial charge in [-0.05, 0) is 35.6 Å². The van der Waals surface area contributed by atoms with Gasteiger partial charge in [-0.3, -0.25) is 9.59 Å². The molecular formula is C20H19NO3. The van der Waals surface area contributed by atoms with E-state index >= 15 is 0 Å². The van der Waals surface area contributed by atoms with E-state index in [2.05, 4.69) is 6.07 Å². The molecule has 0 aliphatic heterocycles. The van der Waals surface area contributed by atoms with Crippen molar-refractivity contribution in [1.82, 2.24) is 0 Å². The highest BCUT2D eigenvalue weighted by Crippen LogP contribution is 2.25. The minimum absolute atomic E-state index is 0.109. The van der Waals surface area contributed by atoms with Crippen LogP contribution in [0.5, 0.6) is 0 Å². The van der Waals surface area contributed by atoms with Crippen LogP contribution >= 0.6 is 0 Å². The second kappa shape index (κ2) is 8.07. The van der Waals surface area contributed by atoms with Crippen LogP contribution in [0.15, 0.2) is 48.5 Å². The van der Waals surface area contributed by atoms with Crippen LogP contribution in [0.1, 0.15) is 30.9 Å². The van der Waals surface area contributed by atoms with E-state index in [1.54, 1.807) is 12.1 Å². The van der Waals surface area contributed by atoms with Crippen LogP contribution in [0.3, 0.4) is 0 Å². The Balaban J connectivity index is 2.31. The summed E-state index contributed by atoms with van der Waals surface area (Å²) in [5.41, 5.74) is 2.89. The highest BCUT2D eigenvalue weighted by molar-refractivity contribution is 5.98. The lowest BCUT2D eigenvalue weighted by Gasteiger charge is -2.12. The first-order chi connectivity index (χ1) is 11.6. The molecule has 0 heterocycles. The molecule has 4 nitrogen and oxygen atoms in total. The summed E-state index contributed by atoms with van der Waals surface area (Å²) in [7, 11) is 0. The lowest BCUT2D eigenvalue weighted by molar-refractivity contribution is -0.146. The van der Waals surface area contributed by atoms with E-state index in [4.69, 9.17) is 0 Å². The molecule has 122 valence electrons. The molecule has 1 N–H and O–H groups in total. The summed E-state index contributed by atoms with van der Waals surface area (Å²) in [6.07, 6.45) is 0.987. The minimum atomic E-state index is -1.11. The van der Waals surface area contributed by atoms with Gasteiger partial charge in [-0.15, -0.1) is 0 Å². The third-order valence-corrected chi connectivity index (χ3v) is 3.91. The zero-order chi connectivity index (χ0) is 17.5. The van der Waals surface area contributed by atoms with E-state index in [1.165, 1.54) is 0 Å². The molecule has 0 amide bonds. The number of carbonyl (C=O) groups excluding carboxylic acids is 1. The van der Waals surface area contributed by atoms with Crippen molar-refractivity contribution in [3.8, 4) is 17.2 Å². The Morgan fingerprint density at radius 2 is 1.88 bits per heavy atom. The van der Waals surface area contributed by atoms with Crippen molar-refractivity contribution in [2.75, 3.05) is 0 Å². The molecule has 2 aromatic carbocycles. The first kappa shape index (κ1) is 17.4. The van der Waals surface area contributed by atoms with Crippen molar-refractivity contribution in [1.29, 1.82) is 5.26 Å². The number of carbonyl (C=O) groups is 2. The largest absolute Gasteiger partial charge is 0.481 e. The molecule has 0 saturated carbocycles. The molecule has 0 saturated heterocycles. The van der Waals surface area contributed by atoms with E-state index in [-0.39, 0.29) is 18.6 Å². The molecule has 24 heavy (non-hydrogen) atoms. The zero-order valence-corrected chi connectivity index (χ0v) is 13.5. The maximum atomic E-state index is 12.0. The molecule has 2 aromatic rings. The van der Waals surface area contributed by atoms with Gasteiger partial charge in [0.2, 0.25) is 0 Å². The zero-order valence-electron chi connectivity index (χ0n) is 13.5. The van der Waals surface area contributed by atoms with Crippen LogP contribution in [0.2, 0.25) is 0 Å². The molecule has 0 spiro atoms. The highest BCUT2D eigenvalue weighted by Gasteiger charge is 2.25. The van der Waals surface area contributed by atoms with E-state index in [0.717, 1.165) is 11.1 Å². The fourth-order valence-electron chi connectivity index (χ4n) is 2.68. The Kier molecular flexibility index (Phi) is 5.86. The van der Waals surface area contributed by atoms with Gasteiger partial charge >= 0.3 is 5.97 Å². The number of benzene rings is 2. The molecule has 4 heteroatoms. The molecule has 0 aliphatic rings. The van der Waals surface area contributed by atoms with Gasteiger partial charge in [0, 0.05) is 6.42 Å². The summed E-state index contributed by atoms with van der Waals surface area (Å²) in [4.78, 5) is 23.4. The number of ketones is 1. The Morgan fingerprint density at radius 1 is 1.17 bits per heavy atom. The van der Waals surface area contributed by atoms with Crippen molar-refractivity contribution in [2.45, 2.75) is 26.2 Å². The number of carboxylic acids is 1. The van der Waals surface area contributed by atoms with Gasteiger partial charge in [0.25, 0.3) is 0 Å². The summed E-state index contributed by atoms with van der Waals surface area (Å²) in [6, 6.07) is 17.0. The van der Waals surface area contributed by atoms with Crippen molar-refractivity contribution < 1.29 is 14.7 Å². The predicted octanol–water partition coefficient (Wildman–Crippen LogP) is 3.84. The standard InChI is InChI=1S/C20H19NO3/c1-2-6-19(22)18(20(23)24)12-14-9-10-17(16(11-14)13-21)15-7-4-3-5-8-15/h3-5,7-11,18H,2,6,12H2,1H3,(H,23,24). The molecule has 2 rings (SSSR count). The van der Waals surface area contributed by atoms with Crippen LogP contribution in [-0.2, 0) is 16.0 Å². The maximum absolute atomic E-state index is 12.0. The topological polar surface area (TPSA) is 78.2 Å². The number of nitriles is 1. The number of hydrogen-bond donors (Lipinski definition) is 1. The van der Waals surface area contributed by atoms with Gasteiger partial charge in [-0.1, -0.05) is 49.4 Å². The Hall–Kier alpha value is -2.93. The third-order valence-electron chi connectivity index (χ3n) is 3.91.